The fraction of sp³-hybridized carbons (Fsp3) is 0.118. The van der Waals surface area contributed by atoms with Crippen molar-refractivity contribution in [3.8, 4) is 0 Å². The van der Waals surface area contributed by atoms with Crippen LogP contribution >= 0.6 is 15.9 Å². The molecule has 0 bridgehead atoms. The van der Waals surface area contributed by atoms with Crippen molar-refractivity contribution < 1.29 is 18.8 Å². The Morgan fingerprint density at radius 3 is 2.04 bits per heavy atom. The minimum Gasteiger partial charge on any atom is -0.352 e. The third-order valence-corrected chi connectivity index (χ3v) is 3.69. The van der Waals surface area contributed by atoms with Crippen molar-refractivity contribution in [3.63, 3.8) is 0 Å². The minimum absolute atomic E-state index is 0.00797. The molecule has 0 radical (unpaired) electrons. The highest BCUT2D eigenvalue weighted by Gasteiger charge is 2.09. The maximum absolute atomic E-state index is 12.8. The van der Waals surface area contributed by atoms with Crippen molar-refractivity contribution in [2.45, 2.75) is 6.42 Å². The number of hydrogen-bond acceptors (Lipinski definition) is 3. The van der Waals surface area contributed by atoms with E-state index < -0.39 is 17.6 Å². The van der Waals surface area contributed by atoms with Crippen LogP contribution < -0.4 is 16.2 Å². The van der Waals surface area contributed by atoms with E-state index in [0.717, 1.165) is 16.6 Å². The van der Waals surface area contributed by atoms with Crippen molar-refractivity contribution in [2.75, 3.05) is 6.54 Å². The van der Waals surface area contributed by atoms with Crippen LogP contribution in [0.3, 0.4) is 0 Å². The Morgan fingerprint density at radius 1 is 0.840 bits per heavy atom. The Kier molecular flexibility index (Phi) is 6.64. The van der Waals surface area contributed by atoms with Gasteiger partial charge in [-0.25, -0.2) is 4.39 Å². The zero-order chi connectivity index (χ0) is 18.2. The molecule has 0 aliphatic carbocycles. The summed E-state index contributed by atoms with van der Waals surface area (Å²) in [6, 6.07) is 11.7. The Balaban J connectivity index is 1.70. The Labute approximate surface area is 151 Å². The predicted octanol–water partition coefficient (Wildman–Crippen LogP) is 2.17. The summed E-state index contributed by atoms with van der Waals surface area (Å²) in [5.41, 5.74) is 5.14. The normalized spacial score (nSPS) is 10.0. The zero-order valence-electron chi connectivity index (χ0n) is 13.0. The van der Waals surface area contributed by atoms with Crippen molar-refractivity contribution >= 4 is 33.7 Å². The molecule has 0 fully saturated rings. The summed E-state index contributed by atoms with van der Waals surface area (Å²) in [4.78, 5) is 35.2. The first-order valence-electron chi connectivity index (χ1n) is 7.34. The monoisotopic (exact) mass is 407 g/mol. The number of halogens is 2. The predicted molar refractivity (Wildman–Crippen MR) is 93.1 cm³/mol. The Morgan fingerprint density at radius 2 is 1.40 bits per heavy atom. The van der Waals surface area contributed by atoms with Crippen molar-refractivity contribution in [1.82, 2.24) is 16.2 Å². The second-order valence-electron chi connectivity index (χ2n) is 5.02. The van der Waals surface area contributed by atoms with Gasteiger partial charge in [-0.15, -0.1) is 0 Å². The van der Waals surface area contributed by atoms with Crippen molar-refractivity contribution in [1.29, 1.82) is 0 Å². The van der Waals surface area contributed by atoms with Crippen LogP contribution in [0.5, 0.6) is 0 Å². The molecular weight excluding hydrogens is 393 g/mol. The fourth-order valence-corrected chi connectivity index (χ4v) is 2.12. The van der Waals surface area contributed by atoms with Gasteiger partial charge in [0.2, 0.25) is 5.91 Å². The van der Waals surface area contributed by atoms with E-state index in [0.29, 0.717) is 5.56 Å². The second-order valence-corrected chi connectivity index (χ2v) is 5.94. The molecule has 8 heteroatoms. The van der Waals surface area contributed by atoms with Gasteiger partial charge in [0.05, 0.1) is 0 Å². The van der Waals surface area contributed by atoms with E-state index in [-0.39, 0.29) is 24.4 Å². The van der Waals surface area contributed by atoms with Crippen LogP contribution in [0.2, 0.25) is 0 Å². The lowest BCUT2D eigenvalue weighted by Gasteiger charge is -2.08. The third-order valence-electron chi connectivity index (χ3n) is 3.17. The van der Waals surface area contributed by atoms with Crippen LogP contribution in [0.25, 0.3) is 0 Å². The van der Waals surface area contributed by atoms with Gasteiger partial charge in [0.1, 0.15) is 5.82 Å². The molecule has 3 N–H and O–H groups in total. The number of hydrazine groups is 1. The highest BCUT2D eigenvalue weighted by atomic mass is 79.9. The van der Waals surface area contributed by atoms with Crippen molar-refractivity contribution in [3.05, 3.63) is 69.9 Å². The van der Waals surface area contributed by atoms with E-state index in [1.807, 2.05) is 0 Å². The summed E-state index contributed by atoms with van der Waals surface area (Å²) < 4.78 is 13.6. The van der Waals surface area contributed by atoms with Gasteiger partial charge in [0.15, 0.2) is 0 Å². The van der Waals surface area contributed by atoms with E-state index in [1.165, 1.54) is 12.1 Å². The smallest absolute Gasteiger partial charge is 0.269 e. The van der Waals surface area contributed by atoms with Crippen LogP contribution in [0.15, 0.2) is 53.0 Å². The molecule has 25 heavy (non-hydrogen) atoms. The molecule has 6 nitrogen and oxygen atoms in total. The Hall–Kier alpha value is -2.74. The first-order chi connectivity index (χ1) is 12.0. The van der Waals surface area contributed by atoms with E-state index in [9.17, 15) is 18.8 Å². The summed E-state index contributed by atoms with van der Waals surface area (Å²) in [7, 11) is 0. The lowest BCUT2D eigenvalue weighted by atomic mass is 10.2. The summed E-state index contributed by atoms with van der Waals surface area (Å²) in [5.74, 6) is -1.78. The number of carbonyl (C=O) groups excluding carboxylic acids is 3. The largest absolute Gasteiger partial charge is 0.352 e. The maximum Gasteiger partial charge on any atom is 0.269 e. The maximum atomic E-state index is 12.8. The van der Waals surface area contributed by atoms with Crippen LogP contribution in [-0.2, 0) is 4.79 Å². The molecule has 0 unspecified atom stereocenters. The zero-order valence-corrected chi connectivity index (χ0v) is 14.6. The molecule has 0 saturated carbocycles. The van der Waals surface area contributed by atoms with Crippen LogP contribution in [0.1, 0.15) is 27.1 Å². The molecule has 0 aliphatic rings. The molecule has 0 heterocycles. The Bertz CT molecular complexity index is 764. The molecule has 0 spiro atoms. The van der Waals surface area contributed by atoms with E-state index in [4.69, 9.17) is 0 Å². The number of hydrogen-bond donors (Lipinski definition) is 3. The molecule has 130 valence electrons. The summed E-state index contributed by atoms with van der Waals surface area (Å²) in [6.07, 6.45) is -0.00797. The third kappa shape index (κ3) is 6.00. The summed E-state index contributed by atoms with van der Waals surface area (Å²) >= 11 is 3.28. The van der Waals surface area contributed by atoms with Gasteiger partial charge in [-0.05, 0) is 48.5 Å². The highest BCUT2D eigenvalue weighted by Crippen LogP contribution is 2.10. The van der Waals surface area contributed by atoms with E-state index in [1.54, 1.807) is 24.3 Å². The van der Waals surface area contributed by atoms with Crippen LogP contribution in [-0.4, -0.2) is 24.3 Å². The van der Waals surface area contributed by atoms with Gasteiger partial charge in [-0.1, -0.05) is 15.9 Å². The number of benzene rings is 2. The quantitative estimate of drug-likeness (QED) is 0.663. The SMILES string of the molecule is O=C(CCNC(=O)c1ccc(Br)cc1)NNC(=O)c1ccc(F)cc1. The molecule has 0 saturated heterocycles. The highest BCUT2D eigenvalue weighted by molar-refractivity contribution is 9.10. The van der Waals surface area contributed by atoms with E-state index >= 15 is 0 Å². The molecule has 0 atom stereocenters. The van der Waals surface area contributed by atoms with Gasteiger partial charge >= 0.3 is 0 Å². The van der Waals surface area contributed by atoms with Crippen LogP contribution in [0.4, 0.5) is 4.39 Å². The average Bonchev–Trinajstić information content (AvgIpc) is 2.60. The molecule has 0 aromatic heterocycles. The lowest BCUT2D eigenvalue weighted by molar-refractivity contribution is -0.121. The first kappa shape index (κ1) is 18.6. The number of carbonyl (C=O) groups is 3. The second kappa shape index (κ2) is 8.93. The molecule has 2 rings (SSSR count). The topological polar surface area (TPSA) is 87.3 Å². The summed E-state index contributed by atoms with van der Waals surface area (Å²) in [5, 5.41) is 2.61. The van der Waals surface area contributed by atoms with Crippen molar-refractivity contribution in [2.24, 2.45) is 0 Å². The average molecular weight is 408 g/mol. The van der Waals surface area contributed by atoms with E-state index in [2.05, 4.69) is 32.1 Å². The van der Waals surface area contributed by atoms with Gasteiger partial charge in [-0.2, -0.15) is 0 Å². The van der Waals surface area contributed by atoms with Gasteiger partial charge < -0.3 is 5.32 Å². The summed E-state index contributed by atoms with van der Waals surface area (Å²) in [6.45, 7) is 0.118. The number of rotatable bonds is 5. The fourth-order valence-electron chi connectivity index (χ4n) is 1.86. The van der Waals surface area contributed by atoms with Crippen LogP contribution in [0, 0.1) is 5.82 Å². The van der Waals surface area contributed by atoms with Gasteiger partial charge in [-0.3, -0.25) is 25.2 Å². The van der Waals surface area contributed by atoms with Gasteiger partial charge in [0.25, 0.3) is 11.8 Å². The number of amides is 3. The minimum atomic E-state index is -0.563. The first-order valence-corrected chi connectivity index (χ1v) is 8.13. The molecule has 0 aliphatic heterocycles. The lowest BCUT2D eigenvalue weighted by Crippen LogP contribution is -2.42. The standard InChI is InChI=1S/C17H15BrFN3O3/c18-13-5-1-11(2-6-13)16(24)20-10-9-15(23)21-22-17(25)12-3-7-14(19)8-4-12/h1-8H,9-10H2,(H,20,24)(H,21,23)(H,22,25). The molecule has 2 aromatic rings. The number of nitrogens with one attached hydrogen (secondary N) is 3. The van der Waals surface area contributed by atoms with Gasteiger partial charge in [0, 0.05) is 28.6 Å². The molecule has 3 amide bonds. The molecule has 2 aromatic carbocycles. The molecular formula is C17H15BrFN3O3.